The van der Waals surface area contributed by atoms with Gasteiger partial charge in [-0.2, -0.15) is 0 Å². The second-order valence-corrected chi connectivity index (χ2v) is 8.27. The lowest BCUT2D eigenvalue weighted by Crippen LogP contribution is -2.29. The maximum Gasteiger partial charge on any atom is 0.266 e. The van der Waals surface area contributed by atoms with E-state index < -0.39 is 15.9 Å². The molecule has 1 aromatic carbocycles. The van der Waals surface area contributed by atoms with E-state index in [1.807, 2.05) is 0 Å². The van der Waals surface area contributed by atoms with Gasteiger partial charge in [-0.1, -0.05) is 35.3 Å². The molecule has 0 saturated heterocycles. The van der Waals surface area contributed by atoms with Crippen LogP contribution in [0.2, 0.25) is 8.67 Å². The topological polar surface area (TPSA) is 80.5 Å². The summed E-state index contributed by atoms with van der Waals surface area (Å²) in [7, 11) is -2.62. The Kier molecular flexibility index (Phi) is 4.48. The number of thiophene rings is 1. The van der Waals surface area contributed by atoms with E-state index in [1.54, 1.807) is 12.1 Å². The summed E-state index contributed by atoms with van der Waals surface area (Å²) in [6.45, 7) is 0. The molecule has 112 valence electrons. The normalized spacial score (nSPS) is 11.4. The molecule has 1 amide bonds. The van der Waals surface area contributed by atoms with Crippen LogP contribution in [0.1, 0.15) is 10.4 Å². The molecule has 0 saturated carbocycles. The second kappa shape index (κ2) is 5.84. The lowest BCUT2D eigenvalue weighted by atomic mass is 10.2. The highest BCUT2D eigenvalue weighted by Crippen LogP contribution is 2.37. The number of hydrogen-bond donors (Lipinski definition) is 1. The SMILES string of the molecule is CN(c1ccccc1C(N)=O)S(=O)(=O)c1cc(Cl)sc1Cl. The van der Waals surface area contributed by atoms with Gasteiger partial charge in [-0.3, -0.25) is 9.10 Å². The highest BCUT2D eigenvalue weighted by atomic mass is 35.5. The van der Waals surface area contributed by atoms with E-state index in [1.165, 1.54) is 25.2 Å². The van der Waals surface area contributed by atoms with Crippen molar-refractivity contribution in [2.24, 2.45) is 5.73 Å². The number of primary amides is 1. The first-order valence-electron chi connectivity index (χ1n) is 5.57. The summed E-state index contributed by atoms with van der Waals surface area (Å²) < 4.78 is 26.4. The van der Waals surface area contributed by atoms with Gasteiger partial charge in [-0.25, -0.2) is 8.42 Å². The van der Waals surface area contributed by atoms with Gasteiger partial charge in [0.25, 0.3) is 15.9 Å². The van der Waals surface area contributed by atoms with Gasteiger partial charge in [0.2, 0.25) is 0 Å². The summed E-state index contributed by atoms with van der Waals surface area (Å²) in [5, 5.41) is 0. The predicted molar refractivity (Wildman–Crippen MR) is 84.9 cm³/mol. The van der Waals surface area contributed by atoms with E-state index in [0.717, 1.165) is 15.6 Å². The number of para-hydroxylation sites is 1. The highest BCUT2D eigenvalue weighted by molar-refractivity contribution is 7.93. The van der Waals surface area contributed by atoms with Crippen LogP contribution in [0, 0.1) is 0 Å². The van der Waals surface area contributed by atoms with Crippen LogP contribution in [0.15, 0.2) is 35.2 Å². The highest BCUT2D eigenvalue weighted by Gasteiger charge is 2.28. The average molecular weight is 365 g/mol. The fraction of sp³-hybridized carbons (Fsp3) is 0.0833. The summed E-state index contributed by atoms with van der Waals surface area (Å²) in [5.41, 5.74) is 5.53. The summed E-state index contributed by atoms with van der Waals surface area (Å²) in [5.74, 6) is -0.720. The molecule has 5 nitrogen and oxygen atoms in total. The first-order chi connectivity index (χ1) is 9.75. The maximum atomic E-state index is 12.6. The van der Waals surface area contributed by atoms with Gasteiger partial charge in [0.15, 0.2) is 0 Å². The predicted octanol–water partition coefficient (Wildman–Crippen LogP) is 2.98. The van der Waals surface area contributed by atoms with Gasteiger partial charge >= 0.3 is 0 Å². The van der Waals surface area contributed by atoms with Crippen LogP contribution in [0.4, 0.5) is 5.69 Å². The van der Waals surface area contributed by atoms with Crippen LogP contribution < -0.4 is 10.0 Å². The smallest absolute Gasteiger partial charge is 0.266 e. The number of nitrogens with zero attached hydrogens (tertiary/aromatic N) is 1. The summed E-state index contributed by atoms with van der Waals surface area (Å²) in [6.07, 6.45) is 0. The van der Waals surface area contributed by atoms with Gasteiger partial charge in [-0.05, 0) is 18.2 Å². The summed E-state index contributed by atoms with van der Waals surface area (Å²) in [6, 6.07) is 7.41. The second-order valence-electron chi connectivity index (χ2n) is 4.04. The molecule has 2 N–H and O–H groups in total. The van der Waals surface area contributed by atoms with E-state index in [9.17, 15) is 13.2 Å². The molecule has 2 rings (SSSR count). The molecule has 1 aromatic heterocycles. The van der Waals surface area contributed by atoms with Crippen LogP contribution in [0.5, 0.6) is 0 Å². The van der Waals surface area contributed by atoms with E-state index in [0.29, 0.717) is 0 Å². The lowest BCUT2D eigenvalue weighted by molar-refractivity contribution is 0.100. The third kappa shape index (κ3) is 3.01. The van der Waals surface area contributed by atoms with Crippen molar-refractivity contribution in [1.29, 1.82) is 0 Å². The zero-order chi connectivity index (χ0) is 15.8. The van der Waals surface area contributed by atoms with Gasteiger partial charge in [0.05, 0.1) is 15.6 Å². The van der Waals surface area contributed by atoms with E-state index in [2.05, 4.69) is 0 Å². The van der Waals surface area contributed by atoms with Crippen LogP contribution in [0.25, 0.3) is 0 Å². The standard InChI is InChI=1S/C12H10Cl2N2O3S2/c1-16(8-5-3-2-4-7(8)12(15)17)21(18,19)9-6-10(13)20-11(9)14/h2-6H,1H3,(H2,15,17). The van der Waals surface area contributed by atoms with Gasteiger partial charge < -0.3 is 5.73 Å². The van der Waals surface area contributed by atoms with E-state index in [4.69, 9.17) is 28.9 Å². The quantitative estimate of drug-likeness (QED) is 0.905. The van der Waals surface area contributed by atoms with Gasteiger partial charge in [0, 0.05) is 7.05 Å². The molecular formula is C12H10Cl2N2O3S2. The molecule has 0 aliphatic rings. The molecule has 0 atom stereocenters. The van der Waals surface area contributed by atoms with Gasteiger partial charge in [0.1, 0.15) is 9.23 Å². The number of hydrogen-bond acceptors (Lipinski definition) is 4. The Morgan fingerprint density at radius 3 is 2.43 bits per heavy atom. The van der Waals surface area contributed by atoms with Crippen molar-refractivity contribution >= 4 is 56.2 Å². The first-order valence-corrected chi connectivity index (χ1v) is 8.59. The molecular weight excluding hydrogens is 355 g/mol. The minimum Gasteiger partial charge on any atom is -0.366 e. The molecule has 0 fully saturated rings. The summed E-state index contributed by atoms with van der Waals surface area (Å²) >= 11 is 12.6. The largest absolute Gasteiger partial charge is 0.366 e. The van der Waals surface area contributed by atoms with Crippen LogP contribution in [0.3, 0.4) is 0 Å². The number of carbonyl (C=O) groups is 1. The summed E-state index contributed by atoms with van der Waals surface area (Å²) in [4.78, 5) is 11.3. The Bertz CT molecular complexity index is 803. The fourth-order valence-electron chi connectivity index (χ4n) is 1.73. The number of nitrogens with two attached hydrogens (primary N) is 1. The third-order valence-corrected chi connectivity index (χ3v) is 6.30. The van der Waals surface area contributed by atoms with Crippen molar-refractivity contribution in [3.8, 4) is 0 Å². The number of carbonyl (C=O) groups excluding carboxylic acids is 1. The van der Waals surface area contributed by atoms with Crippen LogP contribution >= 0.6 is 34.5 Å². The molecule has 0 aliphatic heterocycles. The Hall–Kier alpha value is -1.28. The molecule has 0 unspecified atom stereocenters. The number of halogens is 2. The lowest BCUT2D eigenvalue weighted by Gasteiger charge is -2.21. The average Bonchev–Trinajstić information content (AvgIpc) is 2.77. The van der Waals surface area contributed by atoms with Crippen LogP contribution in [-0.4, -0.2) is 21.4 Å². The number of benzene rings is 1. The Morgan fingerprint density at radius 1 is 1.29 bits per heavy atom. The maximum absolute atomic E-state index is 12.6. The Morgan fingerprint density at radius 2 is 1.90 bits per heavy atom. The molecule has 2 aromatic rings. The third-order valence-electron chi connectivity index (χ3n) is 2.77. The van der Waals surface area contributed by atoms with E-state index in [-0.39, 0.29) is 24.8 Å². The van der Waals surface area contributed by atoms with Gasteiger partial charge in [-0.15, -0.1) is 11.3 Å². The molecule has 0 bridgehead atoms. The molecule has 0 aliphatic carbocycles. The Labute approximate surface area is 135 Å². The van der Waals surface area contributed by atoms with Crippen molar-refractivity contribution in [1.82, 2.24) is 0 Å². The van der Waals surface area contributed by atoms with E-state index >= 15 is 0 Å². The number of amides is 1. The molecule has 0 spiro atoms. The monoisotopic (exact) mass is 364 g/mol. The van der Waals surface area contributed by atoms with Crippen molar-refractivity contribution in [3.05, 3.63) is 44.6 Å². The molecule has 21 heavy (non-hydrogen) atoms. The number of anilines is 1. The zero-order valence-corrected chi connectivity index (χ0v) is 13.9. The molecule has 0 radical (unpaired) electrons. The first kappa shape index (κ1) is 16.1. The van der Waals surface area contributed by atoms with Crippen molar-refractivity contribution in [3.63, 3.8) is 0 Å². The minimum absolute atomic E-state index is 0.0587. The number of rotatable bonds is 4. The Balaban J connectivity index is 2.56. The fourth-order valence-corrected chi connectivity index (χ4v) is 5.06. The van der Waals surface area contributed by atoms with Crippen molar-refractivity contribution in [2.45, 2.75) is 4.90 Å². The van der Waals surface area contributed by atoms with Crippen molar-refractivity contribution < 1.29 is 13.2 Å². The van der Waals surface area contributed by atoms with Crippen LogP contribution in [-0.2, 0) is 10.0 Å². The molecule has 9 heteroatoms. The van der Waals surface area contributed by atoms with Crippen molar-refractivity contribution in [2.75, 3.05) is 11.4 Å². The number of sulfonamides is 1. The minimum atomic E-state index is -3.94. The molecule has 1 heterocycles. The zero-order valence-electron chi connectivity index (χ0n) is 10.7.